The second-order valence-electron chi connectivity index (χ2n) is 3.73. The van der Waals surface area contributed by atoms with E-state index >= 15 is 0 Å². The fourth-order valence-corrected chi connectivity index (χ4v) is 2.11. The molecule has 0 N–H and O–H groups in total. The van der Waals surface area contributed by atoms with Crippen molar-refractivity contribution in [1.82, 2.24) is 4.90 Å². The molecule has 0 aliphatic carbocycles. The predicted molar refractivity (Wildman–Crippen MR) is 71.3 cm³/mol. The molecule has 1 rings (SSSR count). The normalized spacial score (nSPS) is 9.94. The van der Waals surface area contributed by atoms with Crippen LogP contribution >= 0.6 is 11.8 Å². The Morgan fingerprint density at radius 2 is 1.89 bits per heavy atom. The minimum absolute atomic E-state index is 0.394. The average molecular weight is 267 g/mol. The van der Waals surface area contributed by atoms with Crippen LogP contribution in [0.2, 0.25) is 0 Å². The molecule has 0 bridgehead atoms. The van der Waals surface area contributed by atoms with E-state index in [-0.39, 0.29) is 0 Å². The molecule has 98 valence electrons. The molecule has 1 amide bonds. The van der Waals surface area contributed by atoms with E-state index in [2.05, 4.69) is 11.7 Å². The topological polar surface area (TPSA) is 46.6 Å². The zero-order valence-electron chi connectivity index (χ0n) is 10.8. The fraction of sp³-hybridized carbons (Fsp3) is 0.385. The summed E-state index contributed by atoms with van der Waals surface area (Å²) in [4.78, 5) is 25.1. The van der Waals surface area contributed by atoms with Gasteiger partial charge in [0.25, 0.3) is 0 Å². The number of amides is 1. The smallest absolute Gasteiger partial charge is 0.396 e. The highest BCUT2D eigenvalue weighted by Crippen LogP contribution is 2.18. The number of hydrogen-bond acceptors (Lipinski definition) is 4. The number of carbonyl (C=O) groups excluding carboxylic acids is 2. The molecule has 4 nitrogen and oxygen atoms in total. The Morgan fingerprint density at radius 3 is 2.39 bits per heavy atom. The SMILES string of the molecule is CCSc1ccc(CN(C)C(=O)C(=O)OC)cc1. The van der Waals surface area contributed by atoms with Gasteiger partial charge in [0, 0.05) is 18.5 Å². The van der Waals surface area contributed by atoms with Crippen LogP contribution < -0.4 is 0 Å². The van der Waals surface area contributed by atoms with Crippen LogP contribution in [-0.4, -0.2) is 36.7 Å². The second kappa shape index (κ2) is 7.06. The summed E-state index contributed by atoms with van der Waals surface area (Å²) >= 11 is 1.76. The molecule has 0 heterocycles. The highest BCUT2D eigenvalue weighted by molar-refractivity contribution is 7.99. The van der Waals surface area contributed by atoms with Gasteiger partial charge in [0.15, 0.2) is 0 Å². The number of ether oxygens (including phenoxy) is 1. The number of thioether (sulfide) groups is 1. The summed E-state index contributed by atoms with van der Waals surface area (Å²) in [6.07, 6.45) is 0. The first-order valence-corrected chi connectivity index (χ1v) is 6.62. The number of esters is 1. The van der Waals surface area contributed by atoms with Gasteiger partial charge in [0.05, 0.1) is 7.11 Å². The Labute approximate surface area is 111 Å². The van der Waals surface area contributed by atoms with E-state index in [9.17, 15) is 9.59 Å². The molecule has 0 aliphatic rings. The van der Waals surface area contributed by atoms with E-state index in [1.165, 1.54) is 16.9 Å². The Kier molecular flexibility index (Phi) is 5.71. The van der Waals surface area contributed by atoms with Gasteiger partial charge < -0.3 is 9.64 Å². The molecule has 0 aliphatic heterocycles. The molecule has 0 aromatic heterocycles. The fourth-order valence-electron chi connectivity index (χ4n) is 1.45. The minimum Gasteiger partial charge on any atom is -0.462 e. The largest absolute Gasteiger partial charge is 0.462 e. The van der Waals surface area contributed by atoms with E-state index in [1.54, 1.807) is 18.8 Å². The third-order valence-electron chi connectivity index (χ3n) is 2.36. The van der Waals surface area contributed by atoms with Gasteiger partial charge in [-0.15, -0.1) is 11.8 Å². The summed E-state index contributed by atoms with van der Waals surface area (Å²) in [7, 11) is 2.78. The van der Waals surface area contributed by atoms with Crippen LogP contribution in [0.25, 0.3) is 0 Å². The van der Waals surface area contributed by atoms with Gasteiger partial charge in [-0.25, -0.2) is 4.79 Å². The highest BCUT2D eigenvalue weighted by atomic mass is 32.2. The summed E-state index contributed by atoms with van der Waals surface area (Å²) in [5.74, 6) is -0.444. The standard InChI is InChI=1S/C13H17NO3S/c1-4-18-11-7-5-10(6-8-11)9-14(2)12(15)13(16)17-3/h5-8H,4,9H2,1-3H3. The monoisotopic (exact) mass is 267 g/mol. The van der Waals surface area contributed by atoms with Gasteiger partial charge in [0.2, 0.25) is 0 Å². The van der Waals surface area contributed by atoms with Gasteiger partial charge in [-0.3, -0.25) is 4.79 Å². The van der Waals surface area contributed by atoms with Crippen molar-refractivity contribution in [2.75, 3.05) is 19.9 Å². The highest BCUT2D eigenvalue weighted by Gasteiger charge is 2.18. The van der Waals surface area contributed by atoms with E-state index in [0.29, 0.717) is 6.54 Å². The second-order valence-corrected chi connectivity index (χ2v) is 5.07. The first-order valence-electron chi connectivity index (χ1n) is 5.63. The van der Waals surface area contributed by atoms with Gasteiger partial charge in [0.1, 0.15) is 0 Å². The molecule has 0 saturated carbocycles. The Hall–Kier alpha value is -1.49. The molecule has 0 radical (unpaired) electrons. The number of hydrogen-bond donors (Lipinski definition) is 0. The minimum atomic E-state index is -0.837. The molecule has 18 heavy (non-hydrogen) atoms. The lowest BCUT2D eigenvalue weighted by Gasteiger charge is -2.15. The lowest BCUT2D eigenvalue weighted by Crippen LogP contribution is -2.33. The number of benzene rings is 1. The van der Waals surface area contributed by atoms with E-state index < -0.39 is 11.9 Å². The van der Waals surface area contributed by atoms with Gasteiger partial charge >= 0.3 is 11.9 Å². The van der Waals surface area contributed by atoms with Crippen molar-refractivity contribution in [1.29, 1.82) is 0 Å². The molecule has 0 unspecified atom stereocenters. The summed E-state index contributed by atoms with van der Waals surface area (Å²) in [6, 6.07) is 7.94. The molecule has 0 saturated heterocycles. The third-order valence-corrected chi connectivity index (χ3v) is 3.25. The predicted octanol–water partition coefficient (Wildman–Crippen LogP) is 1.93. The summed E-state index contributed by atoms with van der Waals surface area (Å²) in [5.41, 5.74) is 0.982. The zero-order chi connectivity index (χ0) is 13.5. The van der Waals surface area contributed by atoms with Crippen LogP contribution in [0.4, 0.5) is 0 Å². The van der Waals surface area contributed by atoms with Crippen molar-refractivity contribution in [3.8, 4) is 0 Å². The van der Waals surface area contributed by atoms with Crippen molar-refractivity contribution >= 4 is 23.6 Å². The van der Waals surface area contributed by atoms with Crippen LogP contribution in [0.15, 0.2) is 29.2 Å². The Balaban J connectivity index is 2.61. The quantitative estimate of drug-likeness (QED) is 0.475. The maximum atomic E-state index is 11.5. The third kappa shape index (κ3) is 4.07. The number of methoxy groups -OCH3 is 1. The lowest BCUT2D eigenvalue weighted by molar-refractivity contribution is -0.157. The number of rotatable bonds is 4. The van der Waals surface area contributed by atoms with Gasteiger partial charge in [-0.1, -0.05) is 19.1 Å². The first-order chi connectivity index (χ1) is 8.58. The van der Waals surface area contributed by atoms with Crippen LogP contribution in [0.5, 0.6) is 0 Å². The number of nitrogens with zero attached hydrogens (tertiary/aromatic N) is 1. The van der Waals surface area contributed by atoms with Crippen LogP contribution in [0, 0.1) is 0 Å². The number of carbonyl (C=O) groups is 2. The maximum absolute atomic E-state index is 11.5. The molecule has 1 aromatic carbocycles. The average Bonchev–Trinajstić information content (AvgIpc) is 2.39. The summed E-state index contributed by atoms with van der Waals surface area (Å²) in [6.45, 7) is 2.49. The first kappa shape index (κ1) is 14.6. The molecule has 1 aromatic rings. The van der Waals surface area contributed by atoms with Crippen LogP contribution in [-0.2, 0) is 20.9 Å². The summed E-state index contributed by atoms with van der Waals surface area (Å²) < 4.78 is 4.39. The molecule has 0 fully saturated rings. The van der Waals surface area contributed by atoms with Gasteiger partial charge in [-0.2, -0.15) is 0 Å². The van der Waals surface area contributed by atoms with E-state index in [1.807, 2.05) is 24.3 Å². The molecular weight excluding hydrogens is 250 g/mol. The lowest BCUT2D eigenvalue weighted by atomic mass is 10.2. The van der Waals surface area contributed by atoms with Crippen LogP contribution in [0.3, 0.4) is 0 Å². The van der Waals surface area contributed by atoms with E-state index in [4.69, 9.17) is 0 Å². The Morgan fingerprint density at radius 1 is 1.28 bits per heavy atom. The molecule has 0 spiro atoms. The van der Waals surface area contributed by atoms with Crippen molar-refractivity contribution in [2.24, 2.45) is 0 Å². The van der Waals surface area contributed by atoms with Crippen LogP contribution in [0.1, 0.15) is 12.5 Å². The molecule has 0 atom stereocenters. The van der Waals surface area contributed by atoms with Crippen molar-refractivity contribution in [3.63, 3.8) is 0 Å². The van der Waals surface area contributed by atoms with Gasteiger partial charge in [-0.05, 0) is 23.4 Å². The zero-order valence-corrected chi connectivity index (χ0v) is 11.6. The molecular formula is C13H17NO3S. The Bertz CT molecular complexity index is 417. The summed E-state index contributed by atoms with van der Waals surface area (Å²) in [5, 5.41) is 0. The van der Waals surface area contributed by atoms with E-state index in [0.717, 1.165) is 11.3 Å². The van der Waals surface area contributed by atoms with Crippen molar-refractivity contribution in [3.05, 3.63) is 29.8 Å². The van der Waals surface area contributed by atoms with Crippen molar-refractivity contribution < 1.29 is 14.3 Å². The maximum Gasteiger partial charge on any atom is 0.396 e. The number of likely N-dealkylation sites (N-methyl/N-ethyl adjacent to an activating group) is 1. The van der Waals surface area contributed by atoms with Crippen molar-refractivity contribution in [2.45, 2.75) is 18.4 Å². The molecule has 5 heteroatoms.